The van der Waals surface area contributed by atoms with Crippen molar-refractivity contribution >= 4 is 11.6 Å². The van der Waals surface area contributed by atoms with E-state index in [0.717, 1.165) is 51.6 Å². The highest BCUT2D eigenvalue weighted by Crippen LogP contribution is 2.66. The summed E-state index contributed by atoms with van der Waals surface area (Å²) in [6.45, 7) is 2.71. The molecule has 1 N–H and O–H groups in total. The minimum atomic E-state index is -0.316. The number of methoxy groups -OCH3 is 1. The molecule has 26 heavy (non-hydrogen) atoms. The molecule has 0 amide bonds. The Morgan fingerprint density at radius 3 is 2.73 bits per heavy atom. The third-order valence-corrected chi connectivity index (χ3v) is 8.63. The minimum Gasteiger partial charge on any atom is -0.389 e. The molecular weight excluding hydrogens is 328 g/mol. The van der Waals surface area contributed by atoms with Crippen LogP contribution in [-0.4, -0.2) is 37.0 Å². The first-order chi connectivity index (χ1) is 12.5. The van der Waals surface area contributed by atoms with E-state index in [1.54, 1.807) is 7.11 Å². The molecule has 0 radical (unpaired) electrons. The van der Waals surface area contributed by atoms with Gasteiger partial charge >= 0.3 is 0 Å². The number of Topliss-reactive ketones (excluding diaryl/α,β-unsaturated/α-hetero) is 1. The Morgan fingerprint density at radius 1 is 1.19 bits per heavy atom. The zero-order valence-corrected chi connectivity index (χ0v) is 16.1. The van der Waals surface area contributed by atoms with E-state index < -0.39 is 0 Å². The number of hydrogen-bond donors (Lipinski definition) is 1. The molecule has 3 unspecified atom stereocenters. The van der Waals surface area contributed by atoms with Gasteiger partial charge in [-0.05, 0) is 74.2 Å². The molecule has 6 atom stereocenters. The van der Waals surface area contributed by atoms with Gasteiger partial charge in [-0.3, -0.25) is 9.59 Å². The normalized spacial score (nSPS) is 44.7. The van der Waals surface area contributed by atoms with Crippen molar-refractivity contribution in [3.63, 3.8) is 0 Å². The first-order valence-electron chi connectivity index (χ1n) is 10.3. The van der Waals surface area contributed by atoms with E-state index in [0.29, 0.717) is 24.2 Å². The van der Waals surface area contributed by atoms with Gasteiger partial charge in [0.25, 0.3) is 0 Å². The molecule has 0 spiro atoms. The second kappa shape index (κ2) is 6.56. The van der Waals surface area contributed by atoms with Gasteiger partial charge in [-0.25, -0.2) is 0 Å². The number of fused-ring (bicyclic) bond motifs is 5. The van der Waals surface area contributed by atoms with E-state index >= 15 is 0 Å². The Labute approximate surface area is 156 Å². The molecule has 4 heteroatoms. The molecule has 0 aliphatic heterocycles. The van der Waals surface area contributed by atoms with Crippen LogP contribution in [0.2, 0.25) is 0 Å². The summed E-state index contributed by atoms with van der Waals surface area (Å²) in [6, 6.07) is 0. The molecule has 0 heterocycles. The lowest BCUT2D eigenvalue weighted by Gasteiger charge is -2.58. The average molecular weight is 360 g/mol. The van der Waals surface area contributed by atoms with E-state index in [9.17, 15) is 14.7 Å². The van der Waals surface area contributed by atoms with Crippen LogP contribution >= 0.6 is 0 Å². The summed E-state index contributed by atoms with van der Waals surface area (Å²) < 4.78 is 5.70. The fourth-order valence-electron chi connectivity index (χ4n) is 7.53. The van der Waals surface area contributed by atoms with Crippen molar-refractivity contribution in [2.24, 2.45) is 34.5 Å². The molecule has 0 aromatic rings. The third kappa shape index (κ3) is 2.48. The minimum absolute atomic E-state index is 0.0293. The monoisotopic (exact) mass is 360 g/mol. The molecule has 0 bridgehead atoms. The summed E-state index contributed by atoms with van der Waals surface area (Å²) >= 11 is 0. The van der Waals surface area contributed by atoms with E-state index in [1.165, 1.54) is 5.57 Å². The molecule has 0 aromatic carbocycles. The summed E-state index contributed by atoms with van der Waals surface area (Å²) in [5.74, 6) is 2.10. The van der Waals surface area contributed by atoms with E-state index in [1.807, 2.05) is 6.08 Å². The van der Waals surface area contributed by atoms with Crippen molar-refractivity contribution in [2.45, 2.75) is 58.3 Å². The maximum Gasteiger partial charge on any atom is 0.161 e. The Kier molecular flexibility index (Phi) is 4.63. The largest absolute Gasteiger partial charge is 0.389 e. The van der Waals surface area contributed by atoms with Crippen LogP contribution in [0.15, 0.2) is 11.6 Å². The zero-order chi connectivity index (χ0) is 18.5. The summed E-state index contributed by atoms with van der Waals surface area (Å²) in [5, 5.41) is 9.42. The van der Waals surface area contributed by atoms with Gasteiger partial charge in [0.1, 0.15) is 6.61 Å². The van der Waals surface area contributed by atoms with E-state index in [4.69, 9.17) is 4.74 Å². The highest BCUT2D eigenvalue weighted by molar-refractivity contribution is 5.91. The lowest BCUT2D eigenvalue weighted by Crippen LogP contribution is -2.53. The smallest absolute Gasteiger partial charge is 0.161 e. The lowest BCUT2D eigenvalue weighted by molar-refractivity contribution is -0.134. The average Bonchev–Trinajstić information content (AvgIpc) is 2.99. The van der Waals surface area contributed by atoms with Crippen LogP contribution in [0, 0.1) is 34.5 Å². The predicted molar refractivity (Wildman–Crippen MR) is 98.5 cm³/mol. The molecular formula is C22H32O4. The predicted octanol–water partition coefficient (Wildman–Crippen LogP) is 3.32. The van der Waals surface area contributed by atoms with Crippen molar-refractivity contribution in [3.8, 4) is 0 Å². The van der Waals surface area contributed by atoms with Crippen molar-refractivity contribution < 1.29 is 19.4 Å². The topological polar surface area (TPSA) is 63.6 Å². The number of rotatable bonds is 4. The molecule has 4 aliphatic rings. The Balaban J connectivity index is 1.67. The first-order valence-corrected chi connectivity index (χ1v) is 10.3. The quantitative estimate of drug-likeness (QED) is 0.835. The summed E-state index contributed by atoms with van der Waals surface area (Å²) in [6.07, 6.45) is 9.84. The van der Waals surface area contributed by atoms with Gasteiger partial charge in [0, 0.05) is 24.9 Å². The standard InChI is InChI=1S/C22H32O4/c1-21-9-8-18-16(17(21)5-6-19(21)20(25)12-23)4-3-14-11-15(24)7-10-22(14,18)13-26-2/h11,16-19,23H,3-10,12-13H2,1-2H3/t16?,17-,18-,19?,21+,22?/m0/s1. The summed E-state index contributed by atoms with van der Waals surface area (Å²) in [4.78, 5) is 24.4. The second-order valence-electron chi connectivity index (χ2n) is 9.44. The maximum absolute atomic E-state index is 12.3. The van der Waals surface area contributed by atoms with Crippen molar-refractivity contribution in [2.75, 3.05) is 20.3 Å². The fourth-order valence-corrected chi connectivity index (χ4v) is 7.53. The number of ketones is 2. The van der Waals surface area contributed by atoms with Crippen molar-refractivity contribution in [1.82, 2.24) is 0 Å². The van der Waals surface area contributed by atoms with Gasteiger partial charge < -0.3 is 9.84 Å². The summed E-state index contributed by atoms with van der Waals surface area (Å²) in [7, 11) is 1.78. The van der Waals surface area contributed by atoms with Crippen LogP contribution in [0.25, 0.3) is 0 Å². The molecule has 4 nitrogen and oxygen atoms in total. The van der Waals surface area contributed by atoms with Gasteiger partial charge in [0.15, 0.2) is 11.6 Å². The van der Waals surface area contributed by atoms with Crippen LogP contribution in [0.4, 0.5) is 0 Å². The lowest BCUT2D eigenvalue weighted by atomic mass is 9.46. The molecule has 4 aliphatic carbocycles. The molecule has 3 saturated carbocycles. The third-order valence-electron chi connectivity index (χ3n) is 8.63. The Bertz CT molecular complexity index is 638. The first kappa shape index (κ1) is 18.4. The second-order valence-corrected chi connectivity index (χ2v) is 9.44. The Hall–Kier alpha value is -1.00. The highest BCUT2D eigenvalue weighted by Gasteiger charge is 2.61. The number of carbonyl (C=O) groups excluding carboxylic acids is 2. The molecule has 0 saturated heterocycles. The van der Waals surface area contributed by atoms with E-state index in [2.05, 4.69) is 6.92 Å². The van der Waals surface area contributed by atoms with Gasteiger partial charge in [-0.1, -0.05) is 12.5 Å². The van der Waals surface area contributed by atoms with Crippen LogP contribution in [-0.2, 0) is 14.3 Å². The molecule has 4 rings (SSSR count). The number of hydrogen-bond acceptors (Lipinski definition) is 4. The Morgan fingerprint density at radius 2 is 2.00 bits per heavy atom. The SMILES string of the molecule is COCC12CCC(=O)C=C1CCC1[C@@H]2CC[C@@]2(C)C(C(=O)CO)CC[C@@H]12. The fraction of sp³-hybridized carbons (Fsp3) is 0.818. The van der Waals surface area contributed by atoms with Crippen LogP contribution in [0.1, 0.15) is 58.3 Å². The molecule has 0 aromatic heterocycles. The summed E-state index contributed by atoms with van der Waals surface area (Å²) in [5.41, 5.74) is 1.41. The van der Waals surface area contributed by atoms with E-state index in [-0.39, 0.29) is 34.9 Å². The van der Waals surface area contributed by atoms with Gasteiger partial charge in [0.05, 0.1) is 6.61 Å². The molecule has 144 valence electrons. The zero-order valence-electron chi connectivity index (χ0n) is 16.1. The number of aliphatic hydroxyl groups excluding tert-OH is 1. The maximum atomic E-state index is 12.3. The van der Waals surface area contributed by atoms with Gasteiger partial charge in [-0.15, -0.1) is 0 Å². The van der Waals surface area contributed by atoms with Crippen LogP contribution < -0.4 is 0 Å². The number of carbonyl (C=O) groups is 2. The van der Waals surface area contributed by atoms with Crippen molar-refractivity contribution in [1.29, 1.82) is 0 Å². The molecule has 3 fully saturated rings. The number of aliphatic hydroxyl groups is 1. The van der Waals surface area contributed by atoms with Gasteiger partial charge in [-0.2, -0.15) is 0 Å². The highest BCUT2D eigenvalue weighted by atomic mass is 16.5. The van der Waals surface area contributed by atoms with Crippen LogP contribution in [0.3, 0.4) is 0 Å². The number of ether oxygens (including phenoxy) is 1. The van der Waals surface area contributed by atoms with Crippen LogP contribution in [0.5, 0.6) is 0 Å². The van der Waals surface area contributed by atoms with Crippen molar-refractivity contribution in [3.05, 3.63) is 11.6 Å². The van der Waals surface area contributed by atoms with Gasteiger partial charge in [0.2, 0.25) is 0 Å².